The molecule has 13 N–H and O–H groups in total. The van der Waals surface area contributed by atoms with Gasteiger partial charge in [-0.15, -0.1) is 0 Å². The van der Waals surface area contributed by atoms with Gasteiger partial charge in [0.15, 0.2) is 5.96 Å². The number of carboxylic acids is 1. The van der Waals surface area contributed by atoms with Gasteiger partial charge in [-0.25, -0.2) is 4.79 Å². The molecule has 0 rings (SSSR count). The van der Waals surface area contributed by atoms with Gasteiger partial charge in [0.1, 0.15) is 12.1 Å². The van der Waals surface area contributed by atoms with E-state index in [0.29, 0.717) is 0 Å². The number of amides is 4. The Morgan fingerprint density at radius 2 is 1.60 bits per heavy atom. The summed E-state index contributed by atoms with van der Waals surface area (Å²) in [7, 11) is 0. The molecular weight excluding hydrogens is 404 g/mol. The van der Waals surface area contributed by atoms with Crippen molar-refractivity contribution < 1.29 is 34.2 Å². The standard InChI is InChI=1S/C15H28N8O7/c16-7(4-10(17)25)12(27)23-8(2-1-3-20-15(18)19)13(28)21-5-11(26)22-9(6-24)14(29)30/h7-9,24H,1-6,16H2,(H2,17,25)(H,21,28)(H,22,26)(H,23,27)(H,29,30)(H4,18,19,20). The lowest BCUT2D eigenvalue weighted by Crippen LogP contribution is -2.54. The van der Waals surface area contributed by atoms with E-state index in [1.165, 1.54) is 0 Å². The Bertz CT molecular complexity index is 665. The molecule has 0 radical (unpaired) electrons. The molecule has 0 aromatic rings. The number of aliphatic hydroxyl groups is 1. The monoisotopic (exact) mass is 432 g/mol. The smallest absolute Gasteiger partial charge is 0.328 e. The van der Waals surface area contributed by atoms with Crippen LogP contribution >= 0.6 is 0 Å². The molecular formula is C15H28N8O7. The first-order valence-electron chi connectivity index (χ1n) is 8.78. The van der Waals surface area contributed by atoms with Crippen molar-refractivity contribution in [3.05, 3.63) is 0 Å². The molecule has 0 saturated heterocycles. The molecule has 0 aliphatic rings. The van der Waals surface area contributed by atoms with Crippen LogP contribution in [0, 0.1) is 0 Å². The van der Waals surface area contributed by atoms with Crippen molar-refractivity contribution in [1.82, 2.24) is 16.0 Å². The zero-order valence-corrected chi connectivity index (χ0v) is 16.2. The van der Waals surface area contributed by atoms with Crippen molar-refractivity contribution in [3.63, 3.8) is 0 Å². The van der Waals surface area contributed by atoms with E-state index in [9.17, 15) is 24.0 Å². The van der Waals surface area contributed by atoms with E-state index >= 15 is 0 Å². The number of nitrogens with zero attached hydrogens (tertiary/aromatic N) is 1. The highest BCUT2D eigenvalue weighted by Crippen LogP contribution is 2.00. The number of guanidine groups is 1. The van der Waals surface area contributed by atoms with E-state index in [-0.39, 0.29) is 25.3 Å². The van der Waals surface area contributed by atoms with Gasteiger partial charge in [0, 0.05) is 6.54 Å². The lowest BCUT2D eigenvalue weighted by molar-refractivity contribution is -0.142. The van der Waals surface area contributed by atoms with E-state index in [4.69, 9.17) is 33.1 Å². The van der Waals surface area contributed by atoms with Gasteiger partial charge in [0.2, 0.25) is 23.6 Å². The van der Waals surface area contributed by atoms with Gasteiger partial charge >= 0.3 is 5.97 Å². The van der Waals surface area contributed by atoms with Crippen molar-refractivity contribution in [2.24, 2.45) is 27.9 Å². The molecule has 0 heterocycles. The Kier molecular flexibility index (Phi) is 12.1. The Morgan fingerprint density at radius 1 is 0.967 bits per heavy atom. The highest BCUT2D eigenvalue weighted by molar-refractivity contribution is 5.93. The van der Waals surface area contributed by atoms with Crippen molar-refractivity contribution in [1.29, 1.82) is 0 Å². The van der Waals surface area contributed by atoms with Crippen LogP contribution < -0.4 is 38.9 Å². The molecule has 4 amide bonds. The number of carboxylic acid groups (broad SMARTS) is 1. The summed E-state index contributed by atoms with van der Waals surface area (Å²) in [6.07, 6.45) is -0.0961. The number of primary amides is 1. The van der Waals surface area contributed by atoms with Gasteiger partial charge in [-0.05, 0) is 12.8 Å². The van der Waals surface area contributed by atoms with Crippen LogP contribution in [0.25, 0.3) is 0 Å². The first-order chi connectivity index (χ1) is 14.0. The highest BCUT2D eigenvalue weighted by Gasteiger charge is 2.25. The average Bonchev–Trinajstić information content (AvgIpc) is 2.65. The van der Waals surface area contributed by atoms with Gasteiger partial charge < -0.3 is 49.1 Å². The molecule has 0 aliphatic heterocycles. The molecule has 0 bridgehead atoms. The molecule has 0 aliphatic carbocycles. The Balaban J connectivity index is 4.93. The quantitative estimate of drug-likeness (QED) is 0.0712. The predicted molar refractivity (Wildman–Crippen MR) is 103 cm³/mol. The van der Waals surface area contributed by atoms with Gasteiger partial charge in [-0.1, -0.05) is 0 Å². The lowest BCUT2D eigenvalue weighted by Gasteiger charge is -2.20. The summed E-state index contributed by atoms with van der Waals surface area (Å²) in [5.41, 5.74) is 20.9. The van der Waals surface area contributed by atoms with E-state index in [0.717, 1.165) is 0 Å². The molecule has 3 unspecified atom stereocenters. The van der Waals surface area contributed by atoms with Crippen LogP contribution in [0.3, 0.4) is 0 Å². The SMILES string of the molecule is NC(=O)CC(N)C(=O)NC(CCCN=C(N)N)C(=O)NCC(=O)NC(CO)C(=O)O. The number of hydrogen-bond donors (Lipinski definition) is 9. The lowest BCUT2D eigenvalue weighted by atomic mass is 10.1. The van der Waals surface area contributed by atoms with Gasteiger partial charge in [-0.2, -0.15) is 0 Å². The normalized spacial score (nSPS) is 13.3. The van der Waals surface area contributed by atoms with Gasteiger partial charge in [-0.3, -0.25) is 24.2 Å². The first kappa shape index (κ1) is 26.5. The largest absolute Gasteiger partial charge is 0.480 e. The number of nitrogens with two attached hydrogens (primary N) is 4. The average molecular weight is 432 g/mol. The van der Waals surface area contributed by atoms with Crippen molar-refractivity contribution in [2.75, 3.05) is 19.7 Å². The minimum absolute atomic E-state index is 0.0631. The number of rotatable bonds is 14. The van der Waals surface area contributed by atoms with Gasteiger partial charge in [0.05, 0.1) is 25.6 Å². The molecule has 0 aromatic heterocycles. The Morgan fingerprint density at radius 3 is 2.10 bits per heavy atom. The molecule has 0 spiro atoms. The van der Waals surface area contributed by atoms with Crippen LogP contribution in [0.15, 0.2) is 4.99 Å². The summed E-state index contributed by atoms with van der Waals surface area (Å²) in [6.45, 7) is -1.29. The number of aliphatic carboxylic acids is 1. The fraction of sp³-hybridized carbons (Fsp3) is 0.600. The maximum absolute atomic E-state index is 12.4. The number of hydrogen-bond acceptors (Lipinski definition) is 8. The zero-order valence-electron chi connectivity index (χ0n) is 16.2. The topological polar surface area (TPSA) is 278 Å². The molecule has 170 valence electrons. The van der Waals surface area contributed by atoms with E-state index in [2.05, 4.69) is 15.6 Å². The Hall–Kier alpha value is -3.46. The predicted octanol–water partition coefficient (Wildman–Crippen LogP) is -5.59. The maximum atomic E-state index is 12.4. The van der Waals surface area contributed by atoms with Crippen molar-refractivity contribution >= 4 is 35.6 Å². The second kappa shape index (κ2) is 13.7. The van der Waals surface area contributed by atoms with Crippen molar-refractivity contribution in [3.8, 4) is 0 Å². The molecule has 0 fully saturated rings. The summed E-state index contributed by atoms with van der Waals surface area (Å²) < 4.78 is 0. The Labute approximate surface area is 171 Å². The minimum atomic E-state index is -1.53. The van der Waals surface area contributed by atoms with Crippen LogP contribution in [-0.2, 0) is 24.0 Å². The molecule has 15 nitrogen and oxygen atoms in total. The van der Waals surface area contributed by atoms with Crippen LogP contribution in [0.4, 0.5) is 0 Å². The molecule has 0 saturated carbocycles. The van der Waals surface area contributed by atoms with E-state index in [1.807, 2.05) is 5.32 Å². The fourth-order valence-corrected chi connectivity index (χ4v) is 2.08. The molecule has 3 atom stereocenters. The van der Waals surface area contributed by atoms with Crippen molar-refractivity contribution in [2.45, 2.75) is 37.4 Å². The van der Waals surface area contributed by atoms with E-state index in [1.54, 1.807) is 0 Å². The zero-order chi connectivity index (χ0) is 23.3. The molecule has 15 heteroatoms. The number of nitrogens with one attached hydrogen (secondary N) is 3. The number of carbonyl (C=O) groups is 5. The minimum Gasteiger partial charge on any atom is -0.480 e. The molecule has 30 heavy (non-hydrogen) atoms. The summed E-state index contributed by atoms with van der Waals surface area (Å²) in [6, 6.07) is -3.96. The molecule has 0 aromatic carbocycles. The third-order valence-corrected chi connectivity index (χ3v) is 3.58. The number of aliphatic imine (C=N–C) groups is 1. The fourth-order valence-electron chi connectivity index (χ4n) is 2.08. The first-order valence-corrected chi connectivity index (χ1v) is 8.78. The van der Waals surface area contributed by atoms with Crippen LogP contribution in [0.1, 0.15) is 19.3 Å². The summed E-state index contributed by atoms with van der Waals surface area (Å²) in [4.78, 5) is 61.6. The van der Waals surface area contributed by atoms with Crippen LogP contribution in [-0.4, -0.2) is 83.6 Å². The van der Waals surface area contributed by atoms with Crippen LogP contribution in [0.5, 0.6) is 0 Å². The number of carbonyl (C=O) groups excluding carboxylic acids is 4. The van der Waals surface area contributed by atoms with E-state index < -0.39 is 67.3 Å². The summed E-state index contributed by atoms with van der Waals surface area (Å²) in [5, 5.41) is 24.2. The summed E-state index contributed by atoms with van der Waals surface area (Å²) in [5.74, 6) is -4.87. The maximum Gasteiger partial charge on any atom is 0.328 e. The van der Waals surface area contributed by atoms with Crippen LogP contribution in [0.2, 0.25) is 0 Å². The summed E-state index contributed by atoms with van der Waals surface area (Å²) >= 11 is 0. The third-order valence-electron chi connectivity index (χ3n) is 3.58. The second-order valence-corrected chi connectivity index (χ2v) is 6.15. The second-order valence-electron chi connectivity index (χ2n) is 6.15. The van der Waals surface area contributed by atoms with Gasteiger partial charge in [0.25, 0.3) is 0 Å². The third kappa shape index (κ3) is 11.4. The highest BCUT2D eigenvalue weighted by atomic mass is 16.4. The number of aliphatic hydroxyl groups excluding tert-OH is 1.